The van der Waals surface area contributed by atoms with E-state index in [1.807, 2.05) is 4.90 Å². The van der Waals surface area contributed by atoms with Crippen molar-refractivity contribution in [1.29, 1.82) is 0 Å². The van der Waals surface area contributed by atoms with Crippen LogP contribution >= 0.6 is 0 Å². The number of carbonyl (C=O) groups excluding carboxylic acids is 1. The summed E-state index contributed by atoms with van der Waals surface area (Å²) in [6, 6.07) is 4.22. The number of piperazine rings is 1. The molecule has 0 aromatic heterocycles. The van der Waals surface area contributed by atoms with Crippen molar-refractivity contribution in [2.45, 2.75) is 31.7 Å². The molecular formula is C20H27F2N3O. The number of hydrogen-bond acceptors (Lipinski definition) is 3. The lowest BCUT2D eigenvalue weighted by Crippen LogP contribution is -2.61. The molecule has 0 N–H and O–H groups in total. The van der Waals surface area contributed by atoms with Crippen molar-refractivity contribution in [2.75, 3.05) is 45.8 Å². The van der Waals surface area contributed by atoms with E-state index < -0.39 is 11.6 Å². The predicted molar refractivity (Wildman–Crippen MR) is 95.8 cm³/mol. The maximum atomic E-state index is 13.7. The number of piperidine rings is 3. The topological polar surface area (TPSA) is 26.8 Å². The quantitative estimate of drug-likeness (QED) is 0.820. The van der Waals surface area contributed by atoms with Crippen molar-refractivity contribution in [3.05, 3.63) is 35.4 Å². The molecule has 4 nitrogen and oxygen atoms in total. The Morgan fingerprint density at radius 3 is 2.38 bits per heavy atom. The molecule has 6 heteroatoms. The van der Waals surface area contributed by atoms with Gasteiger partial charge >= 0.3 is 0 Å². The molecule has 4 fully saturated rings. The number of fused-ring (bicyclic) bond motifs is 3. The third-order valence-electron chi connectivity index (χ3n) is 6.38. The van der Waals surface area contributed by atoms with E-state index in [9.17, 15) is 13.6 Å². The molecule has 0 saturated carbocycles. The van der Waals surface area contributed by atoms with Gasteiger partial charge in [0.1, 0.15) is 11.6 Å². The highest BCUT2D eigenvalue weighted by molar-refractivity contribution is 5.76. The Kier molecular flexibility index (Phi) is 5.23. The maximum Gasteiger partial charge on any atom is 0.222 e. The lowest BCUT2D eigenvalue weighted by molar-refractivity contribution is -0.134. The molecule has 0 radical (unpaired) electrons. The molecule has 142 valence electrons. The molecule has 4 heterocycles. The van der Waals surface area contributed by atoms with Crippen molar-refractivity contribution in [3.63, 3.8) is 0 Å². The van der Waals surface area contributed by atoms with E-state index in [1.165, 1.54) is 44.6 Å². The molecule has 4 aliphatic rings. The van der Waals surface area contributed by atoms with Crippen LogP contribution in [0.4, 0.5) is 8.78 Å². The smallest absolute Gasteiger partial charge is 0.222 e. The number of benzene rings is 1. The van der Waals surface area contributed by atoms with Crippen LogP contribution in [0, 0.1) is 17.6 Å². The van der Waals surface area contributed by atoms with Gasteiger partial charge in [0, 0.05) is 51.3 Å². The van der Waals surface area contributed by atoms with Crippen LogP contribution in [-0.2, 0) is 11.2 Å². The summed E-state index contributed by atoms with van der Waals surface area (Å²) in [5.41, 5.74) is 0.408. The van der Waals surface area contributed by atoms with Crippen LogP contribution in [0.1, 0.15) is 24.8 Å². The second-order valence-electron chi connectivity index (χ2n) is 7.86. The van der Waals surface area contributed by atoms with Crippen molar-refractivity contribution in [2.24, 2.45) is 5.92 Å². The maximum absolute atomic E-state index is 13.7. The minimum absolute atomic E-state index is 0.0716. The summed E-state index contributed by atoms with van der Waals surface area (Å²) in [6.07, 6.45) is 3.23. The van der Waals surface area contributed by atoms with Crippen molar-refractivity contribution in [3.8, 4) is 0 Å². The highest BCUT2D eigenvalue weighted by Crippen LogP contribution is 2.31. The lowest BCUT2D eigenvalue weighted by Gasteiger charge is -2.51. The van der Waals surface area contributed by atoms with Crippen LogP contribution < -0.4 is 0 Å². The van der Waals surface area contributed by atoms with Crippen LogP contribution in [0.15, 0.2) is 18.2 Å². The Bertz CT molecular complexity index is 652. The lowest BCUT2D eigenvalue weighted by atomic mass is 9.83. The van der Waals surface area contributed by atoms with E-state index in [0.717, 1.165) is 38.2 Å². The van der Waals surface area contributed by atoms with Crippen LogP contribution in [0.25, 0.3) is 0 Å². The van der Waals surface area contributed by atoms with Gasteiger partial charge in [0.05, 0.1) is 0 Å². The number of amides is 1. The molecule has 1 aromatic carbocycles. The summed E-state index contributed by atoms with van der Waals surface area (Å²) in [4.78, 5) is 19.5. The number of halogens is 2. The Hall–Kier alpha value is -1.53. The second-order valence-corrected chi connectivity index (χ2v) is 7.86. The van der Waals surface area contributed by atoms with Crippen LogP contribution in [0.5, 0.6) is 0 Å². The van der Waals surface area contributed by atoms with Crippen LogP contribution in [-0.4, -0.2) is 72.5 Å². The summed E-state index contributed by atoms with van der Waals surface area (Å²) < 4.78 is 26.7. The van der Waals surface area contributed by atoms with Gasteiger partial charge in [-0.25, -0.2) is 8.78 Å². The summed E-state index contributed by atoms with van der Waals surface area (Å²) in [6.45, 7) is 7.07. The molecule has 1 amide bonds. The standard InChI is InChI=1S/C20H27F2N3O/c21-17-3-1-15(18(22)13-17)2-4-20(26)25-11-9-24(10-12-25)19-14-23-7-5-16(19)6-8-23/h1,3,13,16,19H,2,4-12,14H2. The van der Waals surface area contributed by atoms with Gasteiger partial charge in [0.25, 0.3) is 0 Å². The highest BCUT2D eigenvalue weighted by atomic mass is 19.1. The molecular weight excluding hydrogens is 336 g/mol. The van der Waals surface area contributed by atoms with E-state index in [1.54, 1.807) is 0 Å². The third-order valence-corrected chi connectivity index (χ3v) is 6.38. The van der Waals surface area contributed by atoms with E-state index >= 15 is 0 Å². The minimum Gasteiger partial charge on any atom is -0.340 e. The van der Waals surface area contributed by atoms with Gasteiger partial charge in [-0.3, -0.25) is 9.69 Å². The molecule has 5 rings (SSSR count). The Morgan fingerprint density at radius 1 is 1.04 bits per heavy atom. The van der Waals surface area contributed by atoms with Gasteiger partial charge in [0.15, 0.2) is 0 Å². The number of aryl methyl sites for hydroxylation is 1. The summed E-state index contributed by atoms with van der Waals surface area (Å²) in [7, 11) is 0. The second kappa shape index (κ2) is 7.61. The number of rotatable bonds is 4. The fourth-order valence-corrected chi connectivity index (χ4v) is 4.77. The molecule has 26 heavy (non-hydrogen) atoms. The highest BCUT2D eigenvalue weighted by Gasteiger charge is 2.38. The summed E-state index contributed by atoms with van der Waals surface area (Å²) in [5, 5.41) is 0. The molecule has 1 aromatic rings. The third kappa shape index (κ3) is 3.76. The molecule has 4 saturated heterocycles. The minimum atomic E-state index is -0.582. The van der Waals surface area contributed by atoms with E-state index in [0.29, 0.717) is 18.0 Å². The Balaban J connectivity index is 1.26. The van der Waals surface area contributed by atoms with Gasteiger partial charge in [-0.15, -0.1) is 0 Å². The first-order valence-electron chi connectivity index (χ1n) is 9.78. The molecule has 1 atom stereocenters. The Labute approximate surface area is 153 Å². The van der Waals surface area contributed by atoms with Crippen molar-refractivity contribution in [1.82, 2.24) is 14.7 Å². The fourth-order valence-electron chi connectivity index (χ4n) is 4.77. The summed E-state index contributed by atoms with van der Waals surface area (Å²) >= 11 is 0. The number of nitrogens with zero attached hydrogens (tertiary/aromatic N) is 3. The molecule has 0 aliphatic carbocycles. The first-order valence-corrected chi connectivity index (χ1v) is 9.78. The van der Waals surface area contributed by atoms with Gasteiger partial charge in [-0.1, -0.05) is 6.07 Å². The van der Waals surface area contributed by atoms with Crippen molar-refractivity contribution >= 4 is 5.91 Å². The summed E-state index contributed by atoms with van der Waals surface area (Å²) in [5.74, 6) is -0.252. The number of carbonyl (C=O) groups is 1. The van der Waals surface area contributed by atoms with Gasteiger partial charge in [-0.2, -0.15) is 0 Å². The van der Waals surface area contributed by atoms with Crippen LogP contribution in [0.2, 0.25) is 0 Å². The fraction of sp³-hybridized carbons (Fsp3) is 0.650. The molecule has 2 bridgehead atoms. The zero-order valence-electron chi connectivity index (χ0n) is 15.2. The average Bonchev–Trinajstić information content (AvgIpc) is 2.68. The first-order chi connectivity index (χ1) is 12.6. The van der Waals surface area contributed by atoms with E-state index in [2.05, 4.69) is 9.80 Å². The van der Waals surface area contributed by atoms with Gasteiger partial charge in [0.2, 0.25) is 5.91 Å². The zero-order valence-corrected chi connectivity index (χ0v) is 15.2. The normalized spacial score (nSPS) is 29.2. The van der Waals surface area contributed by atoms with Crippen LogP contribution in [0.3, 0.4) is 0 Å². The largest absolute Gasteiger partial charge is 0.340 e. The van der Waals surface area contributed by atoms with Gasteiger partial charge in [-0.05, 0) is 49.9 Å². The van der Waals surface area contributed by atoms with E-state index in [-0.39, 0.29) is 12.3 Å². The van der Waals surface area contributed by atoms with Crippen molar-refractivity contribution < 1.29 is 13.6 Å². The molecule has 1 unspecified atom stereocenters. The molecule has 4 aliphatic heterocycles. The number of hydrogen-bond donors (Lipinski definition) is 0. The zero-order chi connectivity index (χ0) is 18.1. The molecule has 0 spiro atoms. The Morgan fingerprint density at radius 2 is 1.77 bits per heavy atom. The monoisotopic (exact) mass is 363 g/mol. The average molecular weight is 363 g/mol. The SMILES string of the molecule is O=C(CCc1ccc(F)cc1F)N1CCN(C2CN3CCC2CC3)CC1. The van der Waals surface area contributed by atoms with Gasteiger partial charge < -0.3 is 9.80 Å². The predicted octanol–water partition coefficient (Wildman–Crippen LogP) is 2.14. The first kappa shape index (κ1) is 17.9. The van der Waals surface area contributed by atoms with E-state index in [4.69, 9.17) is 0 Å².